The molecule has 3 nitrogen and oxygen atoms in total. The molecule has 4 heteroatoms. The first-order valence-corrected chi connectivity index (χ1v) is 7.75. The molecular weight excluding hydrogens is 295 g/mol. The van der Waals surface area contributed by atoms with Crippen LogP contribution in [0.25, 0.3) is 0 Å². The fourth-order valence-corrected chi connectivity index (χ4v) is 3.41. The van der Waals surface area contributed by atoms with Gasteiger partial charge in [-0.3, -0.25) is 4.79 Å². The lowest BCUT2D eigenvalue weighted by molar-refractivity contribution is -0.137. The minimum absolute atomic E-state index is 0.0230. The minimum atomic E-state index is -0.812. The molecule has 0 radical (unpaired) electrons. The van der Waals surface area contributed by atoms with E-state index in [1.807, 2.05) is 18.2 Å². The van der Waals surface area contributed by atoms with Gasteiger partial charge in [-0.1, -0.05) is 12.1 Å². The van der Waals surface area contributed by atoms with Crippen LogP contribution in [0.3, 0.4) is 0 Å². The van der Waals surface area contributed by atoms with Gasteiger partial charge in [-0.05, 0) is 65.8 Å². The Bertz CT molecular complexity index is 739. The van der Waals surface area contributed by atoms with Crippen molar-refractivity contribution >= 4 is 5.97 Å². The summed E-state index contributed by atoms with van der Waals surface area (Å²) in [5.41, 5.74) is 4.28. The summed E-state index contributed by atoms with van der Waals surface area (Å²) in [4.78, 5) is 11.0. The number of carbonyl (C=O) groups is 1. The maximum Gasteiger partial charge on any atom is 0.303 e. The third kappa shape index (κ3) is 3.21. The number of carboxylic acids is 1. The SMILES string of the molecule is COc1ccc2c(c1)CCc1cc(F)ccc1C2CCC(=O)O. The monoisotopic (exact) mass is 314 g/mol. The van der Waals surface area contributed by atoms with Gasteiger partial charge in [-0.15, -0.1) is 0 Å². The molecule has 0 aromatic heterocycles. The van der Waals surface area contributed by atoms with Crippen molar-refractivity contribution in [3.63, 3.8) is 0 Å². The molecule has 23 heavy (non-hydrogen) atoms. The van der Waals surface area contributed by atoms with Gasteiger partial charge in [0.1, 0.15) is 11.6 Å². The summed E-state index contributed by atoms with van der Waals surface area (Å²) >= 11 is 0. The van der Waals surface area contributed by atoms with Gasteiger partial charge >= 0.3 is 5.97 Å². The molecule has 0 spiro atoms. The number of hydrogen-bond acceptors (Lipinski definition) is 2. The normalized spacial score (nSPS) is 16.2. The topological polar surface area (TPSA) is 46.5 Å². The Hall–Kier alpha value is -2.36. The Morgan fingerprint density at radius 2 is 1.83 bits per heavy atom. The first-order valence-electron chi connectivity index (χ1n) is 7.75. The zero-order valence-corrected chi connectivity index (χ0v) is 13.0. The zero-order chi connectivity index (χ0) is 16.4. The van der Waals surface area contributed by atoms with Crippen LogP contribution in [0.2, 0.25) is 0 Å². The third-order valence-corrected chi connectivity index (χ3v) is 4.52. The first-order chi connectivity index (χ1) is 11.1. The highest BCUT2D eigenvalue weighted by atomic mass is 19.1. The highest BCUT2D eigenvalue weighted by molar-refractivity contribution is 5.67. The van der Waals surface area contributed by atoms with Gasteiger partial charge in [0.2, 0.25) is 0 Å². The van der Waals surface area contributed by atoms with Crippen molar-refractivity contribution in [1.82, 2.24) is 0 Å². The number of ether oxygens (including phenoxy) is 1. The van der Waals surface area contributed by atoms with Crippen molar-refractivity contribution in [2.24, 2.45) is 0 Å². The maximum absolute atomic E-state index is 13.6. The zero-order valence-electron chi connectivity index (χ0n) is 13.0. The molecule has 0 aliphatic heterocycles. The van der Waals surface area contributed by atoms with E-state index in [0.717, 1.165) is 40.8 Å². The number of aryl methyl sites for hydroxylation is 2. The van der Waals surface area contributed by atoms with E-state index < -0.39 is 5.97 Å². The largest absolute Gasteiger partial charge is 0.497 e. The molecule has 0 saturated carbocycles. The lowest BCUT2D eigenvalue weighted by atomic mass is 9.84. The van der Waals surface area contributed by atoms with Gasteiger partial charge in [0.25, 0.3) is 0 Å². The number of aliphatic carboxylic acids is 1. The summed E-state index contributed by atoms with van der Waals surface area (Å²) in [5.74, 6) is -0.291. The Morgan fingerprint density at radius 3 is 2.48 bits per heavy atom. The van der Waals surface area contributed by atoms with Crippen molar-refractivity contribution in [3.05, 3.63) is 64.5 Å². The molecule has 1 aliphatic carbocycles. The fourth-order valence-electron chi connectivity index (χ4n) is 3.41. The van der Waals surface area contributed by atoms with Crippen LogP contribution in [0.4, 0.5) is 4.39 Å². The van der Waals surface area contributed by atoms with Gasteiger partial charge in [0.05, 0.1) is 7.11 Å². The lowest BCUT2D eigenvalue weighted by Gasteiger charge is -2.20. The predicted molar refractivity (Wildman–Crippen MR) is 85.5 cm³/mol. The number of hydrogen-bond donors (Lipinski definition) is 1. The number of rotatable bonds is 4. The van der Waals surface area contributed by atoms with Gasteiger partial charge in [-0.2, -0.15) is 0 Å². The summed E-state index contributed by atoms with van der Waals surface area (Å²) in [5, 5.41) is 9.06. The maximum atomic E-state index is 13.6. The van der Waals surface area contributed by atoms with E-state index in [1.165, 1.54) is 6.07 Å². The molecule has 2 aromatic rings. The van der Waals surface area contributed by atoms with Crippen molar-refractivity contribution in [2.75, 3.05) is 7.11 Å². The second-order valence-electron chi connectivity index (χ2n) is 5.89. The van der Waals surface area contributed by atoms with Crippen molar-refractivity contribution < 1.29 is 19.0 Å². The standard InChI is InChI=1S/C19H19FO3/c1-23-15-5-7-17-13(11-15)3-2-12-10-14(20)4-6-16(12)18(17)8-9-19(21)22/h4-7,10-11,18H,2-3,8-9H2,1H3,(H,21,22). The number of benzene rings is 2. The molecule has 1 atom stereocenters. The molecule has 0 bridgehead atoms. The Balaban J connectivity index is 2.08. The average Bonchev–Trinajstić information content (AvgIpc) is 2.68. The van der Waals surface area contributed by atoms with Crippen LogP contribution >= 0.6 is 0 Å². The quantitative estimate of drug-likeness (QED) is 0.930. The number of fused-ring (bicyclic) bond motifs is 2. The minimum Gasteiger partial charge on any atom is -0.497 e. The van der Waals surface area contributed by atoms with Crippen molar-refractivity contribution in [2.45, 2.75) is 31.6 Å². The summed E-state index contributed by atoms with van der Waals surface area (Å²) in [6, 6.07) is 10.8. The summed E-state index contributed by atoms with van der Waals surface area (Å²) in [6.45, 7) is 0. The third-order valence-electron chi connectivity index (χ3n) is 4.52. The smallest absolute Gasteiger partial charge is 0.303 e. The average molecular weight is 314 g/mol. The molecule has 1 N–H and O–H groups in total. The first kappa shape index (κ1) is 15.5. The molecule has 2 aromatic carbocycles. The van der Waals surface area contributed by atoms with E-state index in [9.17, 15) is 9.18 Å². The van der Waals surface area contributed by atoms with Crippen LogP contribution in [0.1, 0.15) is 41.0 Å². The van der Waals surface area contributed by atoms with Crippen molar-refractivity contribution in [1.29, 1.82) is 0 Å². The molecule has 1 aliphatic rings. The Kier molecular flexibility index (Phi) is 4.33. The Morgan fingerprint density at radius 1 is 1.17 bits per heavy atom. The van der Waals surface area contributed by atoms with Gasteiger partial charge in [-0.25, -0.2) is 4.39 Å². The molecule has 3 rings (SSSR count). The van der Waals surface area contributed by atoms with Gasteiger partial charge < -0.3 is 9.84 Å². The molecule has 0 fully saturated rings. The van der Waals surface area contributed by atoms with E-state index in [2.05, 4.69) is 0 Å². The van der Waals surface area contributed by atoms with Gasteiger partial charge in [0, 0.05) is 12.3 Å². The van der Waals surface area contributed by atoms with E-state index in [4.69, 9.17) is 9.84 Å². The summed E-state index contributed by atoms with van der Waals surface area (Å²) in [6.07, 6.45) is 2.14. The van der Waals surface area contributed by atoms with Crippen LogP contribution in [0, 0.1) is 5.82 Å². The number of methoxy groups -OCH3 is 1. The van der Waals surface area contributed by atoms with E-state index in [-0.39, 0.29) is 18.2 Å². The van der Waals surface area contributed by atoms with Crippen LogP contribution < -0.4 is 4.74 Å². The lowest BCUT2D eigenvalue weighted by Crippen LogP contribution is -2.07. The second-order valence-corrected chi connectivity index (χ2v) is 5.89. The van der Waals surface area contributed by atoms with Crippen LogP contribution in [0.15, 0.2) is 36.4 Å². The molecular formula is C19H19FO3. The molecule has 0 heterocycles. The summed E-state index contributed by atoms with van der Waals surface area (Å²) in [7, 11) is 1.63. The highest BCUT2D eigenvalue weighted by Gasteiger charge is 2.25. The van der Waals surface area contributed by atoms with Gasteiger partial charge in [0.15, 0.2) is 0 Å². The van der Waals surface area contributed by atoms with Crippen LogP contribution in [0.5, 0.6) is 5.75 Å². The van der Waals surface area contributed by atoms with Crippen molar-refractivity contribution in [3.8, 4) is 5.75 Å². The highest BCUT2D eigenvalue weighted by Crippen LogP contribution is 2.38. The predicted octanol–water partition coefficient (Wildman–Crippen LogP) is 3.93. The molecule has 0 saturated heterocycles. The fraction of sp³-hybridized carbons (Fsp3) is 0.316. The van der Waals surface area contributed by atoms with Crippen LogP contribution in [-0.2, 0) is 17.6 Å². The van der Waals surface area contributed by atoms with E-state index >= 15 is 0 Å². The Labute approximate surface area is 134 Å². The van der Waals surface area contributed by atoms with Crippen LogP contribution in [-0.4, -0.2) is 18.2 Å². The van der Waals surface area contributed by atoms with E-state index in [1.54, 1.807) is 19.2 Å². The molecule has 1 unspecified atom stereocenters. The van der Waals surface area contributed by atoms with E-state index in [0.29, 0.717) is 6.42 Å². The summed E-state index contributed by atoms with van der Waals surface area (Å²) < 4.78 is 18.9. The number of halogens is 1. The number of carboxylic acid groups (broad SMARTS) is 1. The second kappa shape index (κ2) is 6.41. The molecule has 120 valence electrons. The molecule has 0 amide bonds.